The smallest absolute Gasteiger partial charge is 0.243 e. The van der Waals surface area contributed by atoms with E-state index in [1.807, 2.05) is 0 Å². The van der Waals surface area contributed by atoms with Gasteiger partial charge in [-0.15, -0.1) is 0 Å². The number of carbonyl (C=O) groups is 1. The SMILES string of the molecule is O=C(CNc1cc(Cl)c(Cl)cc1Cl)Nc1cc(Cl)ccc1Cl. The van der Waals surface area contributed by atoms with Crippen LogP contribution in [-0.2, 0) is 4.79 Å². The molecule has 0 aliphatic rings. The predicted molar refractivity (Wildman–Crippen MR) is 95.1 cm³/mol. The van der Waals surface area contributed by atoms with Gasteiger partial charge < -0.3 is 10.6 Å². The van der Waals surface area contributed by atoms with E-state index in [1.165, 1.54) is 6.07 Å². The Kier molecular flexibility index (Phi) is 6.07. The number of benzene rings is 2. The van der Waals surface area contributed by atoms with Gasteiger partial charge in [0.15, 0.2) is 0 Å². The minimum atomic E-state index is -0.314. The van der Waals surface area contributed by atoms with Crippen LogP contribution in [0.15, 0.2) is 30.3 Å². The molecule has 1 amide bonds. The molecule has 0 spiro atoms. The molecule has 0 radical (unpaired) electrons. The average molecular weight is 399 g/mol. The number of anilines is 2. The number of carbonyl (C=O) groups excluding carboxylic acids is 1. The van der Waals surface area contributed by atoms with Crippen molar-refractivity contribution in [3.63, 3.8) is 0 Å². The lowest BCUT2D eigenvalue weighted by molar-refractivity contribution is -0.114. The molecule has 0 bridgehead atoms. The molecule has 0 unspecified atom stereocenters. The summed E-state index contributed by atoms with van der Waals surface area (Å²) >= 11 is 29.6. The van der Waals surface area contributed by atoms with E-state index in [0.29, 0.717) is 36.5 Å². The van der Waals surface area contributed by atoms with Crippen molar-refractivity contribution in [3.8, 4) is 0 Å². The maximum Gasteiger partial charge on any atom is 0.243 e. The summed E-state index contributed by atoms with van der Waals surface area (Å²) in [4.78, 5) is 11.9. The highest BCUT2D eigenvalue weighted by atomic mass is 35.5. The topological polar surface area (TPSA) is 41.1 Å². The van der Waals surface area contributed by atoms with Gasteiger partial charge >= 0.3 is 0 Å². The van der Waals surface area contributed by atoms with E-state index < -0.39 is 0 Å². The summed E-state index contributed by atoms with van der Waals surface area (Å²) in [5, 5.41) is 7.43. The molecule has 0 saturated heterocycles. The van der Waals surface area contributed by atoms with Gasteiger partial charge in [0.2, 0.25) is 5.91 Å². The third kappa shape index (κ3) is 4.58. The zero-order valence-corrected chi connectivity index (χ0v) is 14.7. The van der Waals surface area contributed by atoms with E-state index >= 15 is 0 Å². The summed E-state index contributed by atoms with van der Waals surface area (Å²) in [6.07, 6.45) is 0. The first-order valence-corrected chi connectivity index (χ1v) is 7.89. The summed E-state index contributed by atoms with van der Waals surface area (Å²) in [5.74, 6) is -0.314. The van der Waals surface area contributed by atoms with Gasteiger partial charge in [-0.05, 0) is 30.3 Å². The second-order valence-electron chi connectivity index (χ2n) is 4.27. The maximum atomic E-state index is 11.9. The van der Waals surface area contributed by atoms with Crippen LogP contribution < -0.4 is 10.6 Å². The van der Waals surface area contributed by atoms with E-state index in [-0.39, 0.29) is 12.5 Å². The van der Waals surface area contributed by atoms with Crippen molar-refractivity contribution in [1.29, 1.82) is 0 Å². The second kappa shape index (κ2) is 7.62. The standard InChI is InChI=1S/C14H9Cl5N2O/c15-7-1-2-8(16)13(3-7)21-14(22)6-20-12-5-10(18)9(17)4-11(12)19/h1-5,20H,6H2,(H,21,22). The Morgan fingerprint density at radius 1 is 0.818 bits per heavy atom. The van der Waals surface area contributed by atoms with Crippen LogP contribution in [0.5, 0.6) is 0 Å². The van der Waals surface area contributed by atoms with Gasteiger partial charge in [0.25, 0.3) is 0 Å². The molecule has 0 heterocycles. The maximum absolute atomic E-state index is 11.9. The lowest BCUT2D eigenvalue weighted by Crippen LogP contribution is -2.22. The Morgan fingerprint density at radius 3 is 2.23 bits per heavy atom. The number of rotatable bonds is 4. The first-order valence-electron chi connectivity index (χ1n) is 6.00. The first-order chi connectivity index (χ1) is 10.4. The molecule has 0 aromatic heterocycles. The Labute approximate surface area is 152 Å². The van der Waals surface area contributed by atoms with E-state index in [0.717, 1.165) is 0 Å². The van der Waals surface area contributed by atoms with Crippen molar-refractivity contribution in [1.82, 2.24) is 0 Å². The number of amides is 1. The first kappa shape index (κ1) is 17.5. The highest BCUT2D eigenvalue weighted by Crippen LogP contribution is 2.32. The fourth-order valence-electron chi connectivity index (χ4n) is 1.62. The van der Waals surface area contributed by atoms with Crippen LogP contribution in [0.3, 0.4) is 0 Å². The minimum absolute atomic E-state index is 0.0273. The summed E-state index contributed by atoms with van der Waals surface area (Å²) in [6.45, 7) is -0.0273. The molecule has 0 saturated carbocycles. The van der Waals surface area contributed by atoms with Crippen LogP contribution >= 0.6 is 58.0 Å². The van der Waals surface area contributed by atoms with E-state index in [1.54, 1.807) is 24.3 Å². The van der Waals surface area contributed by atoms with Crippen LogP contribution in [0.1, 0.15) is 0 Å². The van der Waals surface area contributed by atoms with Gasteiger partial charge in [0.05, 0.1) is 38.0 Å². The Bertz CT molecular complexity index is 721. The zero-order valence-electron chi connectivity index (χ0n) is 10.9. The van der Waals surface area contributed by atoms with Crippen molar-refractivity contribution in [3.05, 3.63) is 55.4 Å². The molecule has 0 aliphatic heterocycles. The van der Waals surface area contributed by atoms with Crippen molar-refractivity contribution in [2.24, 2.45) is 0 Å². The molecule has 8 heteroatoms. The lowest BCUT2D eigenvalue weighted by Gasteiger charge is -2.11. The van der Waals surface area contributed by atoms with E-state index in [9.17, 15) is 4.79 Å². The van der Waals surface area contributed by atoms with Crippen LogP contribution in [-0.4, -0.2) is 12.5 Å². The highest BCUT2D eigenvalue weighted by Gasteiger charge is 2.09. The van der Waals surface area contributed by atoms with Crippen molar-refractivity contribution in [2.75, 3.05) is 17.2 Å². The number of hydrogen-bond donors (Lipinski definition) is 2. The second-order valence-corrected chi connectivity index (χ2v) is 6.34. The Morgan fingerprint density at radius 2 is 1.50 bits per heavy atom. The summed E-state index contributed by atoms with van der Waals surface area (Å²) < 4.78 is 0. The molecule has 2 aromatic rings. The van der Waals surface area contributed by atoms with Gasteiger partial charge in [-0.3, -0.25) is 4.79 Å². The molecular formula is C14H9Cl5N2O. The molecule has 2 N–H and O–H groups in total. The van der Waals surface area contributed by atoms with Gasteiger partial charge in [0.1, 0.15) is 0 Å². The number of nitrogens with one attached hydrogen (secondary N) is 2. The fraction of sp³-hybridized carbons (Fsp3) is 0.0714. The average Bonchev–Trinajstić information content (AvgIpc) is 2.45. The third-order valence-electron chi connectivity index (χ3n) is 2.65. The fourth-order valence-corrected chi connectivity index (χ4v) is 2.57. The molecule has 2 rings (SSSR count). The summed E-state index contributed by atoms with van der Waals surface area (Å²) in [5.41, 5.74) is 0.935. The molecule has 0 aliphatic carbocycles. The molecule has 2 aromatic carbocycles. The molecule has 3 nitrogen and oxygen atoms in total. The highest BCUT2D eigenvalue weighted by molar-refractivity contribution is 6.44. The zero-order chi connectivity index (χ0) is 16.3. The Hall–Kier alpha value is -0.840. The predicted octanol–water partition coefficient (Wildman–Crippen LogP) is 6.00. The molecular weight excluding hydrogens is 389 g/mol. The normalized spacial score (nSPS) is 10.4. The summed E-state index contributed by atoms with van der Waals surface area (Å²) in [7, 11) is 0. The molecule has 0 atom stereocenters. The number of hydrogen-bond acceptors (Lipinski definition) is 2. The van der Waals surface area contributed by atoms with Gasteiger partial charge in [-0.25, -0.2) is 0 Å². The van der Waals surface area contributed by atoms with Gasteiger partial charge in [-0.1, -0.05) is 58.0 Å². The van der Waals surface area contributed by atoms with E-state index in [2.05, 4.69) is 10.6 Å². The largest absolute Gasteiger partial charge is 0.375 e. The van der Waals surface area contributed by atoms with Gasteiger partial charge in [0, 0.05) is 5.02 Å². The molecule has 116 valence electrons. The van der Waals surface area contributed by atoms with Gasteiger partial charge in [-0.2, -0.15) is 0 Å². The number of halogens is 5. The van der Waals surface area contributed by atoms with Crippen LogP contribution in [0.4, 0.5) is 11.4 Å². The van der Waals surface area contributed by atoms with Crippen LogP contribution in [0, 0.1) is 0 Å². The molecule has 0 fully saturated rings. The minimum Gasteiger partial charge on any atom is -0.375 e. The Balaban J connectivity index is 2.01. The van der Waals surface area contributed by atoms with E-state index in [4.69, 9.17) is 58.0 Å². The van der Waals surface area contributed by atoms with Crippen molar-refractivity contribution >= 4 is 75.3 Å². The lowest BCUT2D eigenvalue weighted by atomic mass is 10.3. The van der Waals surface area contributed by atoms with Crippen LogP contribution in [0.25, 0.3) is 0 Å². The summed E-state index contributed by atoms with van der Waals surface area (Å²) in [6, 6.07) is 7.84. The third-order valence-corrected chi connectivity index (χ3v) is 4.25. The monoisotopic (exact) mass is 396 g/mol. The molecule has 22 heavy (non-hydrogen) atoms. The van der Waals surface area contributed by atoms with Crippen molar-refractivity contribution < 1.29 is 4.79 Å². The quantitative estimate of drug-likeness (QED) is 0.620. The van der Waals surface area contributed by atoms with Crippen LogP contribution in [0.2, 0.25) is 25.1 Å². The van der Waals surface area contributed by atoms with Crippen molar-refractivity contribution in [2.45, 2.75) is 0 Å².